The number of hydrogen-bond acceptors (Lipinski definition) is 3. The van der Waals surface area contributed by atoms with E-state index in [-0.39, 0.29) is 5.82 Å². The van der Waals surface area contributed by atoms with Crippen LogP contribution in [-0.2, 0) is 0 Å². The second-order valence-electron chi connectivity index (χ2n) is 5.82. The molecule has 1 aromatic heterocycles. The molecule has 2 aromatic carbocycles. The first-order chi connectivity index (χ1) is 11.1. The minimum Gasteiger partial charge on any atom is -0.493 e. The number of nitrogens with zero attached hydrogens (tertiary/aromatic N) is 1. The van der Waals surface area contributed by atoms with Gasteiger partial charge in [0, 0.05) is 22.2 Å². The van der Waals surface area contributed by atoms with E-state index in [0.29, 0.717) is 0 Å². The number of rotatable bonds is 6. The molecular weight excluding hydrogens is 309 g/mol. The Kier molecular flexibility index (Phi) is 4.94. The van der Waals surface area contributed by atoms with Crippen molar-refractivity contribution in [1.29, 1.82) is 0 Å². The summed E-state index contributed by atoms with van der Waals surface area (Å²) >= 11 is 1.69. The lowest BCUT2D eigenvalue weighted by atomic mass is 10.0. The fourth-order valence-corrected chi connectivity index (χ4v) is 3.52. The standard InChI is InChI=1S/C19H20FNOS/c1-21(2)10-3-11-22-16-8-9-17-18(13-23-19(17)12-16)14-4-6-15(20)7-5-14/h4-9,12-13H,3,10-11H2,1-2H3. The van der Waals surface area contributed by atoms with Gasteiger partial charge in [-0.25, -0.2) is 4.39 Å². The van der Waals surface area contributed by atoms with Crippen LogP contribution in [0.2, 0.25) is 0 Å². The predicted molar refractivity (Wildman–Crippen MR) is 95.9 cm³/mol. The lowest BCUT2D eigenvalue weighted by molar-refractivity contribution is 0.282. The lowest BCUT2D eigenvalue weighted by Crippen LogP contribution is -2.15. The van der Waals surface area contributed by atoms with E-state index in [1.807, 2.05) is 18.2 Å². The highest BCUT2D eigenvalue weighted by molar-refractivity contribution is 7.17. The SMILES string of the molecule is CN(C)CCCOc1ccc2c(-c3ccc(F)cc3)csc2c1. The Morgan fingerprint density at radius 3 is 2.61 bits per heavy atom. The first-order valence-corrected chi connectivity index (χ1v) is 8.56. The summed E-state index contributed by atoms with van der Waals surface area (Å²) in [7, 11) is 4.13. The maximum Gasteiger partial charge on any atom is 0.123 e. The van der Waals surface area contributed by atoms with Crippen molar-refractivity contribution in [1.82, 2.24) is 4.90 Å². The van der Waals surface area contributed by atoms with Crippen molar-refractivity contribution in [3.8, 4) is 16.9 Å². The zero-order valence-corrected chi connectivity index (χ0v) is 14.2. The summed E-state index contributed by atoms with van der Waals surface area (Å²) in [4.78, 5) is 2.15. The van der Waals surface area contributed by atoms with Gasteiger partial charge in [0.2, 0.25) is 0 Å². The molecule has 0 spiro atoms. The molecular formula is C19H20FNOS. The molecule has 0 unspecified atom stereocenters. The first-order valence-electron chi connectivity index (χ1n) is 7.68. The molecule has 0 bridgehead atoms. The Morgan fingerprint density at radius 2 is 1.87 bits per heavy atom. The molecule has 0 fully saturated rings. The van der Waals surface area contributed by atoms with Gasteiger partial charge < -0.3 is 9.64 Å². The fraction of sp³-hybridized carbons (Fsp3) is 0.263. The Balaban J connectivity index is 1.76. The van der Waals surface area contributed by atoms with E-state index in [0.717, 1.165) is 36.4 Å². The molecule has 120 valence electrons. The second kappa shape index (κ2) is 7.11. The van der Waals surface area contributed by atoms with Crippen molar-refractivity contribution in [2.45, 2.75) is 6.42 Å². The molecule has 4 heteroatoms. The van der Waals surface area contributed by atoms with E-state index in [2.05, 4.69) is 36.5 Å². The Morgan fingerprint density at radius 1 is 1.09 bits per heavy atom. The van der Waals surface area contributed by atoms with Crippen molar-refractivity contribution in [3.63, 3.8) is 0 Å². The summed E-state index contributed by atoms with van der Waals surface area (Å²) in [5, 5.41) is 3.30. The molecule has 23 heavy (non-hydrogen) atoms. The van der Waals surface area contributed by atoms with Crippen LogP contribution in [-0.4, -0.2) is 32.1 Å². The molecule has 0 N–H and O–H groups in total. The molecule has 0 atom stereocenters. The van der Waals surface area contributed by atoms with Gasteiger partial charge in [0.15, 0.2) is 0 Å². The average molecular weight is 329 g/mol. The van der Waals surface area contributed by atoms with Crippen LogP contribution >= 0.6 is 11.3 Å². The van der Waals surface area contributed by atoms with Crippen molar-refractivity contribution in [2.24, 2.45) is 0 Å². The molecule has 0 aliphatic carbocycles. The predicted octanol–water partition coefficient (Wildman–Crippen LogP) is 5.04. The van der Waals surface area contributed by atoms with Crippen LogP contribution in [0.25, 0.3) is 21.2 Å². The van der Waals surface area contributed by atoms with Gasteiger partial charge in [0.25, 0.3) is 0 Å². The third kappa shape index (κ3) is 3.89. The van der Waals surface area contributed by atoms with Crippen LogP contribution in [0.4, 0.5) is 4.39 Å². The molecule has 3 rings (SSSR count). The van der Waals surface area contributed by atoms with E-state index < -0.39 is 0 Å². The molecule has 0 radical (unpaired) electrons. The number of ether oxygens (including phenoxy) is 1. The van der Waals surface area contributed by atoms with Crippen molar-refractivity contribution < 1.29 is 9.13 Å². The monoisotopic (exact) mass is 329 g/mol. The number of thiophene rings is 1. The van der Waals surface area contributed by atoms with Crippen LogP contribution in [0.15, 0.2) is 47.8 Å². The number of fused-ring (bicyclic) bond motifs is 1. The van der Waals surface area contributed by atoms with Gasteiger partial charge in [0.1, 0.15) is 11.6 Å². The third-order valence-corrected chi connectivity index (χ3v) is 4.67. The summed E-state index contributed by atoms with van der Waals surface area (Å²) < 4.78 is 20.1. The lowest BCUT2D eigenvalue weighted by Gasteiger charge is -2.10. The quantitative estimate of drug-likeness (QED) is 0.588. The maximum absolute atomic E-state index is 13.1. The number of benzene rings is 2. The fourth-order valence-electron chi connectivity index (χ4n) is 2.52. The molecule has 1 heterocycles. The normalized spacial score (nSPS) is 11.3. The van der Waals surface area contributed by atoms with Crippen LogP contribution in [0.3, 0.4) is 0 Å². The maximum atomic E-state index is 13.1. The van der Waals surface area contributed by atoms with Crippen LogP contribution in [0.1, 0.15) is 6.42 Å². The summed E-state index contributed by atoms with van der Waals surface area (Å²) in [6.07, 6.45) is 1.01. The molecule has 0 aliphatic rings. The molecule has 0 amide bonds. The highest BCUT2D eigenvalue weighted by Gasteiger charge is 2.08. The van der Waals surface area contributed by atoms with E-state index >= 15 is 0 Å². The second-order valence-corrected chi connectivity index (χ2v) is 6.73. The largest absolute Gasteiger partial charge is 0.493 e. The molecule has 0 saturated carbocycles. The van der Waals surface area contributed by atoms with Gasteiger partial charge in [-0.05, 0) is 61.8 Å². The molecule has 0 saturated heterocycles. The number of halogens is 1. The van der Waals surface area contributed by atoms with Gasteiger partial charge >= 0.3 is 0 Å². The zero-order chi connectivity index (χ0) is 16.2. The van der Waals surface area contributed by atoms with Gasteiger partial charge in [0.05, 0.1) is 6.61 Å². The van der Waals surface area contributed by atoms with Crippen LogP contribution < -0.4 is 4.74 Å². The summed E-state index contributed by atoms with van der Waals surface area (Å²) in [6.45, 7) is 1.75. The smallest absolute Gasteiger partial charge is 0.123 e. The Hall–Kier alpha value is -1.91. The first kappa shape index (κ1) is 16.0. The Labute approximate surface area is 140 Å². The Bertz CT molecular complexity index is 780. The van der Waals surface area contributed by atoms with Gasteiger partial charge in [-0.3, -0.25) is 0 Å². The molecule has 0 aliphatic heterocycles. The number of hydrogen-bond donors (Lipinski definition) is 0. The van der Waals surface area contributed by atoms with E-state index in [1.54, 1.807) is 11.3 Å². The zero-order valence-electron chi connectivity index (χ0n) is 13.4. The summed E-state index contributed by atoms with van der Waals surface area (Å²) in [5.74, 6) is 0.699. The minimum absolute atomic E-state index is 0.207. The summed E-state index contributed by atoms with van der Waals surface area (Å²) in [5.41, 5.74) is 2.18. The van der Waals surface area contributed by atoms with Gasteiger partial charge in [-0.1, -0.05) is 12.1 Å². The van der Waals surface area contributed by atoms with Crippen LogP contribution in [0, 0.1) is 5.82 Å². The van der Waals surface area contributed by atoms with Crippen molar-refractivity contribution >= 4 is 21.4 Å². The molecule has 3 aromatic rings. The van der Waals surface area contributed by atoms with Crippen molar-refractivity contribution in [2.75, 3.05) is 27.2 Å². The van der Waals surface area contributed by atoms with Crippen LogP contribution in [0.5, 0.6) is 5.75 Å². The van der Waals surface area contributed by atoms with Gasteiger partial charge in [-0.2, -0.15) is 0 Å². The van der Waals surface area contributed by atoms with E-state index in [1.165, 1.54) is 22.2 Å². The minimum atomic E-state index is -0.207. The van der Waals surface area contributed by atoms with Gasteiger partial charge in [-0.15, -0.1) is 11.3 Å². The molecule has 2 nitrogen and oxygen atoms in total. The highest BCUT2D eigenvalue weighted by Crippen LogP contribution is 2.35. The topological polar surface area (TPSA) is 12.5 Å². The third-order valence-electron chi connectivity index (χ3n) is 3.72. The average Bonchev–Trinajstić information content (AvgIpc) is 2.95. The van der Waals surface area contributed by atoms with E-state index in [4.69, 9.17) is 4.74 Å². The van der Waals surface area contributed by atoms with Crippen molar-refractivity contribution in [3.05, 3.63) is 53.7 Å². The highest BCUT2D eigenvalue weighted by atomic mass is 32.1. The van der Waals surface area contributed by atoms with E-state index in [9.17, 15) is 4.39 Å². The summed E-state index contributed by atoms with van der Waals surface area (Å²) in [6, 6.07) is 12.8.